The Bertz CT molecular complexity index is 903. The molecule has 32 heavy (non-hydrogen) atoms. The molecule has 0 fully saturated rings. The van der Waals surface area contributed by atoms with Crippen molar-refractivity contribution in [1.82, 2.24) is 10.3 Å². The fourth-order valence-electron chi connectivity index (χ4n) is 2.62. The van der Waals surface area contributed by atoms with Crippen molar-refractivity contribution in [1.29, 1.82) is 0 Å². The number of rotatable bonds is 11. The molecule has 0 aliphatic carbocycles. The highest BCUT2D eigenvalue weighted by Crippen LogP contribution is 2.27. The Kier molecular flexibility index (Phi) is 11.4. The van der Waals surface area contributed by atoms with E-state index in [4.69, 9.17) is 4.42 Å². The monoisotopic (exact) mass is 445 g/mol. The number of amides is 1. The van der Waals surface area contributed by atoms with E-state index in [1.165, 1.54) is 43.5 Å². The predicted octanol–water partition coefficient (Wildman–Crippen LogP) is 5.36. The van der Waals surface area contributed by atoms with Crippen LogP contribution in [0.4, 0.5) is 5.69 Å². The lowest BCUT2D eigenvalue weighted by molar-refractivity contribution is -0.384. The number of allylic oxidation sites excluding steroid dienone is 1. The number of aromatic carboxylic acids is 1. The summed E-state index contributed by atoms with van der Waals surface area (Å²) in [4.78, 5) is 36.9. The van der Waals surface area contributed by atoms with Crippen LogP contribution >= 0.6 is 0 Å². The van der Waals surface area contributed by atoms with E-state index in [2.05, 4.69) is 37.7 Å². The van der Waals surface area contributed by atoms with Gasteiger partial charge in [0.2, 0.25) is 11.8 Å². The third-order valence-electron chi connectivity index (χ3n) is 4.36. The van der Waals surface area contributed by atoms with Gasteiger partial charge in [0, 0.05) is 24.1 Å². The van der Waals surface area contributed by atoms with Crippen LogP contribution in [0.5, 0.6) is 0 Å². The van der Waals surface area contributed by atoms with Crippen molar-refractivity contribution in [3.63, 3.8) is 0 Å². The number of carbonyl (C=O) groups is 2. The van der Waals surface area contributed by atoms with Gasteiger partial charge in [-0.1, -0.05) is 46.1 Å². The van der Waals surface area contributed by atoms with E-state index in [0.29, 0.717) is 12.0 Å². The Labute approximate surface area is 187 Å². The lowest BCUT2D eigenvalue weighted by atomic mass is 10.1. The van der Waals surface area contributed by atoms with Gasteiger partial charge in [0.05, 0.1) is 11.5 Å². The highest BCUT2D eigenvalue weighted by Gasteiger charge is 2.21. The lowest BCUT2D eigenvalue weighted by Crippen LogP contribution is -2.22. The molecule has 0 saturated carbocycles. The summed E-state index contributed by atoms with van der Waals surface area (Å²) in [6.07, 6.45) is 6.53. The largest absolute Gasteiger partial charge is 0.476 e. The van der Waals surface area contributed by atoms with Crippen LogP contribution in [0.2, 0.25) is 0 Å². The highest BCUT2D eigenvalue weighted by atomic mass is 16.6. The molecule has 1 aromatic carbocycles. The van der Waals surface area contributed by atoms with E-state index in [0.717, 1.165) is 5.92 Å². The van der Waals surface area contributed by atoms with Gasteiger partial charge in [0.25, 0.3) is 5.69 Å². The molecule has 9 nitrogen and oxygen atoms in total. The third kappa shape index (κ3) is 9.11. The summed E-state index contributed by atoms with van der Waals surface area (Å²) in [5.41, 5.74) is -0.126. The molecule has 1 aromatic heterocycles. The van der Waals surface area contributed by atoms with Crippen molar-refractivity contribution < 1.29 is 24.0 Å². The first kappa shape index (κ1) is 26.5. The first-order chi connectivity index (χ1) is 15.2. The van der Waals surface area contributed by atoms with Crippen LogP contribution in [0, 0.1) is 16.0 Å². The molecule has 2 rings (SSSR count). The van der Waals surface area contributed by atoms with Gasteiger partial charge >= 0.3 is 5.97 Å². The molecule has 9 heteroatoms. The molecule has 2 N–H and O–H groups in total. The fourth-order valence-corrected chi connectivity index (χ4v) is 2.62. The molecule has 0 radical (unpaired) electrons. The number of aromatic nitrogens is 1. The van der Waals surface area contributed by atoms with Gasteiger partial charge in [-0.3, -0.25) is 14.9 Å². The van der Waals surface area contributed by atoms with Gasteiger partial charge in [-0.15, -0.1) is 6.58 Å². The number of benzene rings is 1. The van der Waals surface area contributed by atoms with Crippen LogP contribution in [0.1, 0.15) is 69.3 Å². The normalized spacial score (nSPS) is 10.2. The number of nitrogens with one attached hydrogen (secondary N) is 1. The number of oxazole rings is 1. The number of nitro groups is 1. The quantitative estimate of drug-likeness (QED) is 0.270. The summed E-state index contributed by atoms with van der Waals surface area (Å²) in [6, 6.07) is 5.22. The van der Waals surface area contributed by atoms with E-state index in [1.54, 1.807) is 6.08 Å². The standard InChI is InChI=1S/C16H15N3O6.C7H16/c1-2-3-4-12(20)17-9-13-18-14(16(21)22)15(25-13)10-5-7-11(8-6-10)19(23)24;1-4-5-6-7(2)3/h2,5-8H,1,3-4,9H2,(H,17,20)(H,21,22);7H,4-6H2,1-3H3. The van der Waals surface area contributed by atoms with Gasteiger partial charge < -0.3 is 14.8 Å². The minimum absolute atomic E-state index is 0.0257. The summed E-state index contributed by atoms with van der Waals surface area (Å²) in [5.74, 6) is -0.649. The predicted molar refractivity (Wildman–Crippen MR) is 121 cm³/mol. The van der Waals surface area contributed by atoms with Crippen molar-refractivity contribution in [2.75, 3.05) is 0 Å². The van der Waals surface area contributed by atoms with Crippen LogP contribution in [0.3, 0.4) is 0 Å². The molecule has 0 unspecified atom stereocenters. The number of unbranched alkanes of at least 4 members (excludes halogenated alkanes) is 1. The number of hydrogen-bond acceptors (Lipinski definition) is 6. The molecule has 0 spiro atoms. The van der Waals surface area contributed by atoms with Crippen molar-refractivity contribution in [3.8, 4) is 11.3 Å². The summed E-state index contributed by atoms with van der Waals surface area (Å²) in [5, 5.41) is 22.5. The van der Waals surface area contributed by atoms with Gasteiger partial charge in [-0.05, 0) is 24.5 Å². The van der Waals surface area contributed by atoms with Gasteiger partial charge in [-0.2, -0.15) is 0 Å². The molecule has 0 saturated heterocycles. The van der Waals surface area contributed by atoms with Crippen LogP contribution in [0.15, 0.2) is 41.3 Å². The number of hydrogen-bond donors (Lipinski definition) is 2. The molecule has 1 amide bonds. The molecule has 174 valence electrons. The van der Waals surface area contributed by atoms with Crippen molar-refractivity contribution >= 4 is 17.6 Å². The number of carbonyl (C=O) groups excluding carboxylic acids is 1. The van der Waals surface area contributed by atoms with E-state index < -0.39 is 10.9 Å². The summed E-state index contributed by atoms with van der Waals surface area (Å²) in [6.45, 7) is 10.2. The molecule has 0 aliphatic heterocycles. The Morgan fingerprint density at radius 2 is 1.97 bits per heavy atom. The Hall–Kier alpha value is -3.49. The molecule has 0 bridgehead atoms. The number of carboxylic acid groups (broad SMARTS) is 1. The van der Waals surface area contributed by atoms with Gasteiger partial charge in [-0.25, -0.2) is 9.78 Å². The minimum atomic E-state index is -1.30. The maximum atomic E-state index is 11.6. The first-order valence-electron chi connectivity index (χ1n) is 10.5. The summed E-state index contributed by atoms with van der Waals surface area (Å²) < 4.78 is 5.42. The molecule has 0 atom stereocenters. The number of nitrogens with zero attached hydrogens (tertiary/aromatic N) is 2. The molecular formula is C23H31N3O6. The minimum Gasteiger partial charge on any atom is -0.476 e. The Morgan fingerprint density at radius 1 is 1.31 bits per heavy atom. The zero-order valence-corrected chi connectivity index (χ0v) is 18.8. The van der Waals surface area contributed by atoms with E-state index in [1.807, 2.05) is 0 Å². The zero-order chi connectivity index (χ0) is 24.1. The second kappa shape index (κ2) is 13.7. The molecule has 2 aromatic rings. The van der Waals surface area contributed by atoms with Crippen LogP contribution in [-0.2, 0) is 11.3 Å². The molecule has 0 aliphatic rings. The van der Waals surface area contributed by atoms with E-state index in [9.17, 15) is 24.8 Å². The number of carboxylic acids is 1. The summed E-state index contributed by atoms with van der Waals surface area (Å²) in [7, 11) is 0. The molecule has 1 heterocycles. The Morgan fingerprint density at radius 3 is 2.44 bits per heavy atom. The maximum Gasteiger partial charge on any atom is 0.358 e. The van der Waals surface area contributed by atoms with E-state index in [-0.39, 0.29) is 41.9 Å². The first-order valence-corrected chi connectivity index (χ1v) is 10.5. The van der Waals surface area contributed by atoms with Crippen molar-refractivity contribution in [3.05, 3.63) is 58.6 Å². The number of nitro benzene ring substituents is 1. The summed E-state index contributed by atoms with van der Waals surface area (Å²) >= 11 is 0. The second-order valence-electron chi connectivity index (χ2n) is 7.53. The fraction of sp³-hybridized carbons (Fsp3) is 0.435. The van der Waals surface area contributed by atoms with Crippen molar-refractivity contribution in [2.45, 2.75) is 59.4 Å². The SMILES string of the molecule is C=CCCC(=O)NCc1nc(C(=O)O)c(-c2ccc([N+](=O)[O-])cc2)o1.CCCCC(C)C. The van der Waals surface area contributed by atoms with Crippen LogP contribution in [0.25, 0.3) is 11.3 Å². The Balaban J connectivity index is 0.000000633. The average molecular weight is 446 g/mol. The third-order valence-corrected chi connectivity index (χ3v) is 4.36. The lowest BCUT2D eigenvalue weighted by Gasteiger charge is -2.00. The van der Waals surface area contributed by atoms with E-state index >= 15 is 0 Å². The van der Waals surface area contributed by atoms with Crippen LogP contribution in [-0.4, -0.2) is 26.9 Å². The highest BCUT2D eigenvalue weighted by molar-refractivity contribution is 5.92. The van der Waals surface area contributed by atoms with Gasteiger partial charge in [0.1, 0.15) is 0 Å². The molecular weight excluding hydrogens is 414 g/mol. The van der Waals surface area contributed by atoms with Gasteiger partial charge in [0.15, 0.2) is 11.5 Å². The van der Waals surface area contributed by atoms with Crippen molar-refractivity contribution in [2.24, 2.45) is 5.92 Å². The second-order valence-corrected chi connectivity index (χ2v) is 7.53. The topological polar surface area (TPSA) is 136 Å². The average Bonchev–Trinajstić information content (AvgIpc) is 3.20. The van der Waals surface area contributed by atoms with Crippen LogP contribution < -0.4 is 5.32 Å². The maximum absolute atomic E-state index is 11.6. The zero-order valence-electron chi connectivity index (χ0n) is 18.8. The number of non-ortho nitro benzene ring substituents is 1. The smallest absolute Gasteiger partial charge is 0.358 e.